The van der Waals surface area contributed by atoms with Gasteiger partial charge in [0.2, 0.25) is 5.78 Å². The highest BCUT2D eigenvalue weighted by atomic mass is 35.5. The van der Waals surface area contributed by atoms with E-state index in [0.29, 0.717) is 39.6 Å². The number of rotatable bonds is 8. The summed E-state index contributed by atoms with van der Waals surface area (Å²) >= 11 is 5.94. The number of amides is 1. The summed E-state index contributed by atoms with van der Waals surface area (Å²) in [6, 6.07) is 6.76. The predicted octanol–water partition coefficient (Wildman–Crippen LogP) is 3.57. The third-order valence-corrected chi connectivity index (χ3v) is 4.18. The summed E-state index contributed by atoms with van der Waals surface area (Å²) < 4.78 is 0. The van der Waals surface area contributed by atoms with E-state index in [-0.39, 0.29) is 18.2 Å². The van der Waals surface area contributed by atoms with Crippen LogP contribution in [-0.2, 0) is 16.1 Å². The van der Waals surface area contributed by atoms with Crippen molar-refractivity contribution in [2.24, 2.45) is 5.16 Å². The largest absolute Gasteiger partial charge is 0.387 e. The van der Waals surface area contributed by atoms with Gasteiger partial charge < -0.3 is 15.1 Å². The average molecular weight is 390 g/mol. The number of nitrogens with one attached hydrogen (secondary N) is 2. The van der Waals surface area contributed by atoms with Crippen LogP contribution in [0, 0.1) is 6.92 Å². The summed E-state index contributed by atoms with van der Waals surface area (Å²) in [5, 5.41) is 6.44. The highest BCUT2D eigenvalue weighted by Gasteiger charge is 2.21. The molecule has 0 saturated heterocycles. The van der Waals surface area contributed by atoms with Crippen molar-refractivity contribution in [2.45, 2.75) is 27.2 Å². The lowest BCUT2D eigenvalue weighted by molar-refractivity contribution is -0.110. The van der Waals surface area contributed by atoms with Gasteiger partial charge in [-0.1, -0.05) is 35.8 Å². The molecule has 0 aliphatic heterocycles. The molecule has 7 nitrogen and oxygen atoms in total. The molecule has 8 heteroatoms. The van der Waals surface area contributed by atoms with Gasteiger partial charge in [-0.2, -0.15) is 0 Å². The molecule has 0 atom stereocenters. The number of oxime groups is 1. The number of ketones is 2. The van der Waals surface area contributed by atoms with E-state index in [0.717, 1.165) is 6.21 Å². The lowest BCUT2D eigenvalue weighted by Gasteiger charge is -2.04. The van der Waals surface area contributed by atoms with Crippen LogP contribution in [0.2, 0.25) is 5.02 Å². The molecule has 0 aliphatic rings. The molecule has 0 fully saturated rings. The predicted molar refractivity (Wildman–Crippen MR) is 104 cm³/mol. The molecule has 2 N–H and O–H groups in total. The number of carbonyl (C=O) groups excluding carboxylic acids is 3. The summed E-state index contributed by atoms with van der Waals surface area (Å²) in [5.41, 5.74) is 2.61. The molecule has 1 amide bonds. The number of para-hydroxylation sites is 1. The van der Waals surface area contributed by atoms with Crippen molar-refractivity contribution in [3.05, 3.63) is 51.8 Å². The van der Waals surface area contributed by atoms with Crippen molar-refractivity contribution in [1.29, 1.82) is 0 Å². The Balaban J connectivity index is 1.95. The first kappa shape index (κ1) is 20.4. The lowest BCUT2D eigenvalue weighted by Crippen LogP contribution is -2.14. The third-order valence-electron chi connectivity index (χ3n) is 3.85. The molecule has 0 aliphatic carbocycles. The molecule has 1 aromatic carbocycles. The molecule has 0 spiro atoms. The second kappa shape index (κ2) is 9.14. The molecular formula is C19H20ClN3O4. The minimum absolute atomic E-state index is 0.102. The lowest BCUT2D eigenvalue weighted by atomic mass is 10.0. The van der Waals surface area contributed by atoms with Crippen molar-refractivity contribution < 1.29 is 19.2 Å². The van der Waals surface area contributed by atoms with Gasteiger partial charge in [-0.15, -0.1) is 0 Å². The summed E-state index contributed by atoms with van der Waals surface area (Å²) in [6.45, 7) is 4.71. The molecule has 27 heavy (non-hydrogen) atoms. The Hall–Kier alpha value is -2.93. The maximum absolute atomic E-state index is 12.3. The smallest absolute Gasteiger partial charge is 0.270 e. The number of H-pyrrole nitrogens is 1. The van der Waals surface area contributed by atoms with Crippen LogP contribution in [0.25, 0.3) is 0 Å². The maximum atomic E-state index is 12.3. The number of hydrogen-bond acceptors (Lipinski definition) is 5. The van der Waals surface area contributed by atoms with Crippen LogP contribution in [0.3, 0.4) is 0 Å². The number of benzene rings is 1. The topological polar surface area (TPSA) is 101 Å². The van der Waals surface area contributed by atoms with E-state index in [1.165, 1.54) is 6.92 Å². The fourth-order valence-electron chi connectivity index (χ4n) is 2.73. The van der Waals surface area contributed by atoms with Gasteiger partial charge in [-0.25, -0.2) is 0 Å². The Kier molecular flexibility index (Phi) is 6.90. The Morgan fingerprint density at radius 3 is 2.63 bits per heavy atom. The highest BCUT2D eigenvalue weighted by Crippen LogP contribution is 2.21. The molecule has 0 unspecified atom stereocenters. The van der Waals surface area contributed by atoms with Gasteiger partial charge in [0, 0.05) is 11.3 Å². The second-order valence-corrected chi connectivity index (χ2v) is 6.20. The molecule has 0 radical (unpaired) electrons. The zero-order valence-electron chi connectivity index (χ0n) is 15.3. The van der Waals surface area contributed by atoms with Crippen LogP contribution in [0.15, 0.2) is 29.4 Å². The highest BCUT2D eigenvalue weighted by molar-refractivity contribution is 6.36. The number of aromatic nitrogens is 1. The van der Waals surface area contributed by atoms with Crippen LogP contribution < -0.4 is 5.32 Å². The van der Waals surface area contributed by atoms with E-state index in [1.54, 1.807) is 31.2 Å². The van der Waals surface area contributed by atoms with Crippen LogP contribution >= 0.6 is 11.6 Å². The van der Waals surface area contributed by atoms with Gasteiger partial charge >= 0.3 is 0 Å². The fraction of sp³-hybridized carbons (Fsp3) is 0.263. The van der Waals surface area contributed by atoms with Crippen molar-refractivity contribution in [1.82, 2.24) is 4.98 Å². The number of Topliss-reactive ketones (excluding diaryl/α,β-unsaturated/α-hetero) is 2. The van der Waals surface area contributed by atoms with E-state index in [1.807, 2.05) is 6.92 Å². The third kappa shape index (κ3) is 5.04. The van der Waals surface area contributed by atoms with Crippen LogP contribution in [0.4, 0.5) is 5.69 Å². The van der Waals surface area contributed by atoms with E-state index in [2.05, 4.69) is 15.5 Å². The molecule has 0 saturated carbocycles. The summed E-state index contributed by atoms with van der Waals surface area (Å²) in [5.74, 6) is -1.000. The van der Waals surface area contributed by atoms with E-state index >= 15 is 0 Å². The van der Waals surface area contributed by atoms with Gasteiger partial charge in [0.05, 0.1) is 16.4 Å². The number of anilines is 1. The van der Waals surface area contributed by atoms with Gasteiger partial charge in [-0.3, -0.25) is 14.4 Å². The Labute approximate surface area is 161 Å². The first-order chi connectivity index (χ1) is 12.8. The van der Waals surface area contributed by atoms with Gasteiger partial charge in [0.25, 0.3) is 5.91 Å². The molecule has 142 valence electrons. The number of aryl methyl sites for hydroxylation is 1. The van der Waals surface area contributed by atoms with Crippen LogP contribution in [0.1, 0.15) is 46.0 Å². The SMILES string of the molecule is CCc1c(C(=O)CON=CC(=O)Nc2ccccc2Cl)[nH]c(C)c1C(C)=O. The van der Waals surface area contributed by atoms with Crippen LogP contribution in [-0.4, -0.2) is 35.3 Å². The van der Waals surface area contributed by atoms with E-state index in [4.69, 9.17) is 16.4 Å². The number of carbonyl (C=O) groups is 3. The standard InChI is InChI=1S/C19H20ClN3O4/c1-4-13-18(12(3)24)11(2)22-19(13)16(25)10-27-21-9-17(26)23-15-8-6-5-7-14(15)20/h5-9,22H,4,10H2,1-3H3,(H,23,26). The zero-order valence-corrected chi connectivity index (χ0v) is 16.0. The van der Waals surface area contributed by atoms with Gasteiger partial charge in [0.15, 0.2) is 12.4 Å². The quantitative estimate of drug-likeness (QED) is 0.409. The Morgan fingerprint density at radius 2 is 2.00 bits per heavy atom. The normalized spacial score (nSPS) is 10.8. The van der Waals surface area contributed by atoms with Crippen molar-refractivity contribution in [3.8, 4) is 0 Å². The van der Waals surface area contributed by atoms with Crippen molar-refractivity contribution >= 4 is 41.0 Å². The Bertz CT molecular complexity index is 902. The summed E-state index contributed by atoms with van der Waals surface area (Å²) in [7, 11) is 0. The number of halogens is 1. The maximum Gasteiger partial charge on any atom is 0.270 e. The molecule has 0 bridgehead atoms. The molecule has 2 rings (SSSR count). The average Bonchev–Trinajstić information content (AvgIpc) is 2.97. The van der Waals surface area contributed by atoms with Crippen molar-refractivity contribution in [3.63, 3.8) is 0 Å². The van der Waals surface area contributed by atoms with E-state index < -0.39 is 5.91 Å². The molecule has 1 heterocycles. The van der Waals surface area contributed by atoms with E-state index in [9.17, 15) is 14.4 Å². The fourth-order valence-corrected chi connectivity index (χ4v) is 2.91. The van der Waals surface area contributed by atoms with Crippen molar-refractivity contribution in [2.75, 3.05) is 11.9 Å². The first-order valence-electron chi connectivity index (χ1n) is 8.31. The monoisotopic (exact) mass is 389 g/mol. The summed E-state index contributed by atoms with van der Waals surface area (Å²) in [4.78, 5) is 43.7. The molecule has 2 aromatic rings. The molecular weight excluding hydrogens is 370 g/mol. The minimum atomic E-state index is -0.542. The molecule has 1 aromatic heterocycles. The van der Waals surface area contributed by atoms with Gasteiger partial charge in [0.1, 0.15) is 6.21 Å². The minimum Gasteiger partial charge on any atom is -0.387 e. The second-order valence-electron chi connectivity index (χ2n) is 5.79. The number of hydrogen-bond donors (Lipinski definition) is 2. The zero-order chi connectivity index (χ0) is 20.0. The Morgan fingerprint density at radius 1 is 1.30 bits per heavy atom. The van der Waals surface area contributed by atoms with Crippen LogP contribution in [0.5, 0.6) is 0 Å². The first-order valence-corrected chi connectivity index (χ1v) is 8.69. The van der Waals surface area contributed by atoms with Gasteiger partial charge in [-0.05, 0) is 38.0 Å². The number of aromatic amines is 1. The summed E-state index contributed by atoms with van der Waals surface area (Å²) in [6.07, 6.45) is 1.45. The number of nitrogens with zero attached hydrogens (tertiary/aromatic N) is 1.